The number of amides is 1. The zero-order chi connectivity index (χ0) is 20.9. The molecule has 8 heteroatoms. The lowest BCUT2D eigenvalue weighted by Gasteiger charge is -2.36. The molecule has 29 heavy (non-hydrogen) atoms. The van der Waals surface area contributed by atoms with Crippen molar-refractivity contribution < 1.29 is 18.0 Å². The molecule has 0 atom stereocenters. The molecule has 0 saturated carbocycles. The van der Waals surface area contributed by atoms with Crippen molar-refractivity contribution in [3.05, 3.63) is 51.7 Å². The summed E-state index contributed by atoms with van der Waals surface area (Å²) in [5.41, 5.74) is 0.0152. The van der Waals surface area contributed by atoms with Gasteiger partial charge < -0.3 is 10.2 Å². The van der Waals surface area contributed by atoms with Gasteiger partial charge in [0.15, 0.2) is 0 Å². The summed E-state index contributed by atoms with van der Waals surface area (Å²) in [4.78, 5) is 18.5. The first kappa shape index (κ1) is 21.6. The quantitative estimate of drug-likeness (QED) is 0.683. The standard InChI is InChI=1S/C21H26F3N3OS/c1-16-6-7-19(29-16)15-20(28)25-8-3-9-26-10-12-27(13-11-26)18-5-2-4-17(14-18)21(22,23)24/h2,4-7,14H,3,8-13,15H2,1H3,(H,25,28). The van der Waals surface area contributed by atoms with Gasteiger partial charge in [0.25, 0.3) is 0 Å². The van der Waals surface area contributed by atoms with Gasteiger partial charge in [-0.05, 0) is 50.2 Å². The highest BCUT2D eigenvalue weighted by Crippen LogP contribution is 2.31. The van der Waals surface area contributed by atoms with E-state index in [9.17, 15) is 18.0 Å². The monoisotopic (exact) mass is 425 g/mol. The van der Waals surface area contributed by atoms with Gasteiger partial charge in [-0.15, -0.1) is 11.3 Å². The minimum Gasteiger partial charge on any atom is -0.369 e. The van der Waals surface area contributed by atoms with Crippen molar-refractivity contribution in [2.45, 2.75) is 25.9 Å². The van der Waals surface area contributed by atoms with Crippen LogP contribution in [0.3, 0.4) is 0 Å². The van der Waals surface area contributed by atoms with Crippen LogP contribution in [0.4, 0.5) is 18.9 Å². The average molecular weight is 426 g/mol. The molecule has 1 fully saturated rings. The maximum absolute atomic E-state index is 12.9. The second-order valence-electron chi connectivity index (χ2n) is 7.27. The molecule has 158 valence electrons. The molecule has 1 N–H and O–H groups in total. The number of nitrogens with one attached hydrogen (secondary N) is 1. The molecule has 3 rings (SSSR count). The highest BCUT2D eigenvalue weighted by molar-refractivity contribution is 7.12. The number of rotatable bonds is 7. The van der Waals surface area contributed by atoms with Crippen LogP contribution in [-0.4, -0.2) is 50.1 Å². The lowest BCUT2D eigenvalue weighted by Crippen LogP contribution is -2.47. The van der Waals surface area contributed by atoms with Crippen LogP contribution in [-0.2, 0) is 17.4 Å². The van der Waals surface area contributed by atoms with Crippen LogP contribution in [0, 0.1) is 6.92 Å². The highest BCUT2D eigenvalue weighted by atomic mass is 32.1. The molecule has 1 aromatic carbocycles. The second-order valence-corrected chi connectivity index (χ2v) is 8.64. The Kier molecular flexibility index (Phi) is 7.18. The Morgan fingerprint density at radius 3 is 2.55 bits per heavy atom. The first-order valence-corrected chi connectivity index (χ1v) is 10.6. The largest absolute Gasteiger partial charge is 0.416 e. The molecule has 1 aliphatic rings. The van der Waals surface area contributed by atoms with Crippen LogP contribution < -0.4 is 10.2 Å². The molecule has 1 saturated heterocycles. The first-order chi connectivity index (χ1) is 13.8. The summed E-state index contributed by atoms with van der Waals surface area (Å²) >= 11 is 1.64. The lowest BCUT2D eigenvalue weighted by molar-refractivity contribution is -0.137. The third-order valence-electron chi connectivity index (χ3n) is 5.02. The van der Waals surface area contributed by atoms with E-state index in [-0.39, 0.29) is 5.91 Å². The van der Waals surface area contributed by atoms with E-state index in [1.807, 2.05) is 24.0 Å². The van der Waals surface area contributed by atoms with E-state index in [2.05, 4.69) is 10.2 Å². The number of carbonyl (C=O) groups is 1. The van der Waals surface area contributed by atoms with Crippen LogP contribution in [0.2, 0.25) is 0 Å². The number of hydrogen-bond donors (Lipinski definition) is 1. The van der Waals surface area contributed by atoms with Crippen molar-refractivity contribution in [2.24, 2.45) is 0 Å². The molecule has 4 nitrogen and oxygen atoms in total. The number of carbonyl (C=O) groups excluding carboxylic acids is 1. The van der Waals surface area contributed by atoms with Crippen molar-refractivity contribution in [2.75, 3.05) is 44.2 Å². The number of benzene rings is 1. The van der Waals surface area contributed by atoms with Gasteiger partial charge in [-0.25, -0.2) is 0 Å². The molecule has 0 aliphatic carbocycles. The smallest absolute Gasteiger partial charge is 0.369 e. The summed E-state index contributed by atoms with van der Waals surface area (Å²) in [5, 5.41) is 2.96. The van der Waals surface area contributed by atoms with Gasteiger partial charge in [0.2, 0.25) is 5.91 Å². The van der Waals surface area contributed by atoms with Gasteiger partial charge in [-0.2, -0.15) is 13.2 Å². The fraction of sp³-hybridized carbons (Fsp3) is 0.476. The van der Waals surface area contributed by atoms with Crippen LogP contribution in [0.25, 0.3) is 0 Å². The highest BCUT2D eigenvalue weighted by Gasteiger charge is 2.31. The topological polar surface area (TPSA) is 35.6 Å². The number of halogens is 3. The summed E-state index contributed by atoms with van der Waals surface area (Å²) in [6.07, 6.45) is -3.03. The molecule has 1 aliphatic heterocycles. The summed E-state index contributed by atoms with van der Waals surface area (Å²) in [7, 11) is 0. The molecule has 0 bridgehead atoms. The van der Waals surface area contributed by atoms with Gasteiger partial charge in [0, 0.05) is 48.2 Å². The van der Waals surface area contributed by atoms with E-state index in [0.717, 1.165) is 37.0 Å². The second kappa shape index (κ2) is 9.63. The van der Waals surface area contributed by atoms with Crippen molar-refractivity contribution in [3.63, 3.8) is 0 Å². The molecule has 2 heterocycles. The van der Waals surface area contributed by atoms with Crippen molar-refractivity contribution in [1.29, 1.82) is 0 Å². The Bertz CT molecular complexity index is 813. The van der Waals surface area contributed by atoms with E-state index in [4.69, 9.17) is 0 Å². The minimum absolute atomic E-state index is 0.0428. The van der Waals surface area contributed by atoms with E-state index in [1.165, 1.54) is 17.0 Å². The molecule has 0 unspecified atom stereocenters. The van der Waals surface area contributed by atoms with Crippen molar-refractivity contribution >= 4 is 22.9 Å². The van der Waals surface area contributed by atoms with E-state index in [1.54, 1.807) is 17.4 Å². The molecule has 1 amide bonds. The van der Waals surface area contributed by atoms with Gasteiger partial charge in [0.05, 0.1) is 12.0 Å². The predicted molar refractivity (Wildman–Crippen MR) is 110 cm³/mol. The summed E-state index contributed by atoms with van der Waals surface area (Å²) in [6, 6.07) is 9.53. The number of aryl methyl sites for hydroxylation is 1. The molecule has 0 radical (unpaired) electrons. The van der Waals surface area contributed by atoms with Crippen LogP contribution in [0.15, 0.2) is 36.4 Å². The number of alkyl halides is 3. The Morgan fingerprint density at radius 2 is 1.90 bits per heavy atom. The average Bonchev–Trinajstić information content (AvgIpc) is 3.10. The summed E-state index contributed by atoms with van der Waals surface area (Å²) < 4.78 is 38.7. The zero-order valence-corrected chi connectivity index (χ0v) is 17.3. The maximum atomic E-state index is 12.9. The number of piperazine rings is 1. The molecule has 0 spiro atoms. The van der Waals surface area contributed by atoms with Gasteiger partial charge >= 0.3 is 6.18 Å². The Hall–Kier alpha value is -2.06. The predicted octanol–water partition coefficient (Wildman–Crippen LogP) is 3.95. The van der Waals surface area contributed by atoms with Gasteiger partial charge in [0.1, 0.15) is 0 Å². The first-order valence-electron chi connectivity index (χ1n) is 9.78. The normalized spacial score (nSPS) is 15.5. The third-order valence-corrected chi connectivity index (χ3v) is 6.02. The zero-order valence-electron chi connectivity index (χ0n) is 16.5. The fourth-order valence-electron chi connectivity index (χ4n) is 3.44. The molecule has 2 aromatic rings. The molecular weight excluding hydrogens is 399 g/mol. The maximum Gasteiger partial charge on any atom is 0.416 e. The fourth-order valence-corrected chi connectivity index (χ4v) is 4.33. The minimum atomic E-state index is -4.31. The van der Waals surface area contributed by atoms with E-state index < -0.39 is 11.7 Å². The van der Waals surface area contributed by atoms with Crippen molar-refractivity contribution in [3.8, 4) is 0 Å². The summed E-state index contributed by atoms with van der Waals surface area (Å²) in [5.74, 6) is 0.0428. The van der Waals surface area contributed by atoms with Crippen LogP contribution >= 0.6 is 11.3 Å². The molecule has 1 aromatic heterocycles. The molecular formula is C21H26F3N3OS. The van der Waals surface area contributed by atoms with Gasteiger partial charge in [-0.1, -0.05) is 6.07 Å². The Morgan fingerprint density at radius 1 is 1.14 bits per heavy atom. The van der Waals surface area contributed by atoms with Gasteiger partial charge in [-0.3, -0.25) is 9.69 Å². The van der Waals surface area contributed by atoms with E-state index >= 15 is 0 Å². The number of thiophene rings is 1. The Labute approximate surface area is 173 Å². The summed E-state index contributed by atoms with van der Waals surface area (Å²) in [6.45, 7) is 6.54. The van der Waals surface area contributed by atoms with Crippen molar-refractivity contribution in [1.82, 2.24) is 10.2 Å². The number of hydrogen-bond acceptors (Lipinski definition) is 4. The Balaban J connectivity index is 1.35. The van der Waals surface area contributed by atoms with Crippen LogP contribution in [0.1, 0.15) is 21.7 Å². The van der Waals surface area contributed by atoms with E-state index in [0.29, 0.717) is 31.7 Å². The lowest BCUT2D eigenvalue weighted by atomic mass is 10.1. The number of anilines is 1. The van der Waals surface area contributed by atoms with Crippen LogP contribution in [0.5, 0.6) is 0 Å². The number of nitrogens with zero attached hydrogens (tertiary/aromatic N) is 2. The SMILES string of the molecule is Cc1ccc(CC(=O)NCCCN2CCN(c3cccc(C(F)(F)F)c3)CC2)s1. The third kappa shape index (κ3) is 6.47.